The van der Waals surface area contributed by atoms with Crippen LogP contribution in [0.5, 0.6) is 0 Å². The Kier molecular flexibility index (Phi) is 25.0. The number of carboxylic acid groups (broad SMARTS) is 2. The van der Waals surface area contributed by atoms with E-state index in [1.807, 2.05) is 0 Å². The van der Waals surface area contributed by atoms with Crippen molar-refractivity contribution in [1.29, 1.82) is 0 Å². The van der Waals surface area contributed by atoms with E-state index in [-0.39, 0.29) is 6.61 Å². The maximum atomic E-state index is 10.1. The lowest BCUT2D eigenvalue weighted by molar-refractivity contribution is -0.137. The van der Waals surface area contributed by atoms with Gasteiger partial charge in [0.05, 0.1) is 12.7 Å². The summed E-state index contributed by atoms with van der Waals surface area (Å²) in [5.74, 6) is -1.50. The fourth-order valence-electron chi connectivity index (χ4n) is 1.23. The number of hydrogen-bond donors (Lipinski definition) is 4. The SMILES string of the molecule is CC(=O)O.CC(O)CO.CCCCCCCCCC(=O)O. The molecule has 21 heavy (non-hydrogen) atoms. The van der Waals surface area contributed by atoms with Gasteiger partial charge in [-0.3, -0.25) is 9.59 Å². The van der Waals surface area contributed by atoms with Gasteiger partial charge in [-0.25, -0.2) is 0 Å². The van der Waals surface area contributed by atoms with Crippen LogP contribution in [-0.4, -0.2) is 45.1 Å². The summed E-state index contributed by atoms with van der Waals surface area (Å²) >= 11 is 0. The van der Waals surface area contributed by atoms with Crippen molar-refractivity contribution in [2.75, 3.05) is 6.61 Å². The normalized spacial score (nSPS) is 10.5. The largest absolute Gasteiger partial charge is 0.481 e. The second-order valence-electron chi connectivity index (χ2n) is 4.82. The molecular formula is C15H32O6. The van der Waals surface area contributed by atoms with Gasteiger partial charge in [0.15, 0.2) is 0 Å². The molecule has 0 bridgehead atoms. The molecule has 0 spiro atoms. The van der Waals surface area contributed by atoms with E-state index < -0.39 is 18.0 Å². The number of carboxylic acids is 2. The highest BCUT2D eigenvalue weighted by atomic mass is 16.4. The van der Waals surface area contributed by atoms with Gasteiger partial charge in [0.2, 0.25) is 0 Å². The third kappa shape index (κ3) is 55.1. The third-order valence-corrected chi connectivity index (χ3v) is 2.26. The van der Waals surface area contributed by atoms with Crippen LogP contribution in [0.4, 0.5) is 0 Å². The minimum Gasteiger partial charge on any atom is -0.481 e. The van der Waals surface area contributed by atoms with Crippen LogP contribution in [0.3, 0.4) is 0 Å². The number of rotatable bonds is 9. The van der Waals surface area contributed by atoms with Crippen molar-refractivity contribution in [1.82, 2.24) is 0 Å². The van der Waals surface area contributed by atoms with E-state index in [1.165, 1.54) is 39.0 Å². The zero-order chi connectivity index (χ0) is 17.1. The number of aliphatic hydroxyl groups is 2. The Labute approximate surface area is 127 Å². The molecule has 6 heteroatoms. The number of aliphatic carboxylic acids is 2. The Balaban J connectivity index is -0.000000297. The molecule has 0 radical (unpaired) electrons. The molecular weight excluding hydrogens is 276 g/mol. The third-order valence-electron chi connectivity index (χ3n) is 2.26. The van der Waals surface area contributed by atoms with Crippen molar-refractivity contribution in [3.8, 4) is 0 Å². The lowest BCUT2D eigenvalue weighted by Gasteiger charge is -1.98. The first-order chi connectivity index (χ1) is 9.77. The molecule has 0 saturated heterocycles. The number of hydrogen-bond acceptors (Lipinski definition) is 4. The maximum Gasteiger partial charge on any atom is 0.303 e. The lowest BCUT2D eigenvalue weighted by Crippen LogP contribution is -2.03. The van der Waals surface area contributed by atoms with Gasteiger partial charge in [0.25, 0.3) is 5.97 Å². The molecule has 0 aliphatic rings. The van der Waals surface area contributed by atoms with Gasteiger partial charge < -0.3 is 20.4 Å². The molecule has 0 amide bonds. The van der Waals surface area contributed by atoms with Crippen molar-refractivity contribution in [2.24, 2.45) is 0 Å². The van der Waals surface area contributed by atoms with Gasteiger partial charge in [0, 0.05) is 13.3 Å². The summed E-state index contributed by atoms with van der Waals surface area (Å²) < 4.78 is 0. The summed E-state index contributed by atoms with van der Waals surface area (Å²) in [5.41, 5.74) is 0. The Morgan fingerprint density at radius 3 is 1.57 bits per heavy atom. The summed E-state index contributed by atoms with van der Waals surface area (Å²) in [6.07, 6.45) is 8.08. The van der Waals surface area contributed by atoms with E-state index in [2.05, 4.69) is 6.92 Å². The molecule has 1 unspecified atom stereocenters. The smallest absolute Gasteiger partial charge is 0.303 e. The van der Waals surface area contributed by atoms with Crippen LogP contribution in [0.15, 0.2) is 0 Å². The maximum absolute atomic E-state index is 10.1. The molecule has 0 aromatic rings. The topological polar surface area (TPSA) is 115 Å². The first-order valence-electron chi connectivity index (χ1n) is 7.48. The Hall–Kier alpha value is -1.14. The minimum absolute atomic E-state index is 0.139. The van der Waals surface area contributed by atoms with Crippen molar-refractivity contribution < 1.29 is 30.0 Å². The summed E-state index contributed by atoms with van der Waals surface area (Å²) in [6.45, 7) is 4.67. The fraction of sp³-hybridized carbons (Fsp3) is 0.867. The van der Waals surface area contributed by atoms with Gasteiger partial charge in [-0.15, -0.1) is 0 Å². The van der Waals surface area contributed by atoms with Crippen LogP contribution in [-0.2, 0) is 9.59 Å². The number of carbonyl (C=O) groups is 2. The minimum atomic E-state index is -0.833. The molecule has 4 N–H and O–H groups in total. The highest BCUT2D eigenvalue weighted by Gasteiger charge is 1.95. The zero-order valence-corrected chi connectivity index (χ0v) is 13.5. The molecule has 0 heterocycles. The molecule has 128 valence electrons. The predicted molar refractivity (Wildman–Crippen MR) is 82.3 cm³/mol. The van der Waals surface area contributed by atoms with E-state index in [4.69, 9.17) is 25.2 Å². The van der Waals surface area contributed by atoms with E-state index in [1.54, 1.807) is 0 Å². The fourth-order valence-corrected chi connectivity index (χ4v) is 1.23. The molecule has 6 nitrogen and oxygen atoms in total. The van der Waals surface area contributed by atoms with Gasteiger partial charge in [-0.2, -0.15) is 0 Å². The van der Waals surface area contributed by atoms with Gasteiger partial charge in [0.1, 0.15) is 0 Å². The summed E-state index contributed by atoms with van der Waals surface area (Å²) in [6, 6.07) is 0. The van der Waals surface area contributed by atoms with E-state index in [0.29, 0.717) is 6.42 Å². The van der Waals surface area contributed by atoms with Crippen LogP contribution >= 0.6 is 0 Å². The summed E-state index contributed by atoms with van der Waals surface area (Å²) in [4.78, 5) is 19.1. The molecule has 1 atom stereocenters. The predicted octanol–water partition coefficient (Wildman–Crippen LogP) is 2.66. The van der Waals surface area contributed by atoms with Crippen molar-refractivity contribution in [3.63, 3.8) is 0 Å². The second kappa shape index (κ2) is 21.2. The highest BCUT2D eigenvalue weighted by molar-refractivity contribution is 5.66. The average molecular weight is 308 g/mol. The van der Waals surface area contributed by atoms with Crippen molar-refractivity contribution >= 4 is 11.9 Å². The van der Waals surface area contributed by atoms with Crippen LogP contribution in [0.1, 0.15) is 72.1 Å². The van der Waals surface area contributed by atoms with Crippen LogP contribution in [0.2, 0.25) is 0 Å². The van der Waals surface area contributed by atoms with Gasteiger partial charge in [-0.1, -0.05) is 45.4 Å². The van der Waals surface area contributed by atoms with E-state index in [0.717, 1.165) is 19.8 Å². The van der Waals surface area contributed by atoms with Crippen molar-refractivity contribution in [3.05, 3.63) is 0 Å². The van der Waals surface area contributed by atoms with Crippen LogP contribution < -0.4 is 0 Å². The van der Waals surface area contributed by atoms with Gasteiger partial charge in [-0.05, 0) is 13.3 Å². The van der Waals surface area contributed by atoms with E-state index in [9.17, 15) is 4.79 Å². The summed E-state index contributed by atoms with van der Waals surface area (Å²) in [5, 5.41) is 31.8. The molecule has 0 fully saturated rings. The van der Waals surface area contributed by atoms with Gasteiger partial charge >= 0.3 is 5.97 Å². The van der Waals surface area contributed by atoms with E-state index >= 15 is 0 Å². The first-order valence-corrected chi connectivity index (χ1v) is 7.48. The Morgan fingerprint density at radius 2 is 1.29 bits per heavy atom. The highest BCUT2D eigenvalue weighted by Crippen LogP contribution is 2.07. The Morgan fingerprint density at radius 1 is 0.952 bits per heavy atom. The Bertz CT molecular complexity index is 224. The average Bonchev–Trinajstić information content (AvgIpc) is 2.37. The molecule has 0 rings (SSSR count). The first kappa shape index (κ1) is 24.9. The molecule has 0 saturated carbocycles. The number of unbranched alkanes of at least 4 members (excludes halogenated alkanes) is 6. The molecule has 0 aromatic carbocycles. The summed E-state index contributed by atoms with van der Waals surface area (Å²) in [7, 11) is 0. The van der Waals surface area contributed by atoms with Crippen LogP contribution in [0, 0.1) is 0 Å². The monoisotopic (exact) mass is 308 g/mol. The quantitative estimate of drug-likeness (QED) is 0.487. The lowest BCUT2D eigenvalue weighted by atomic mass is 10.1. The van der Waals surface area contributed by atoms with Crippen molar-refractivity contribution in [2.45, 2.75) is 78.2 Å². The van der Waals surface area contributed by atoms with Crippen LogP contribution in [0.25, 0.3) is 0 Å². The zero-order valence-electron chi connectivity index (χ0n) is 13.5. The second-order valence-corrected chi connectivity index (χ2v) is 4.82. The number of aliphatic hydroxyl groups excluding tert-OH is 2. The molecule has 0 aliphatic carbocycles. The molecule has 0 aromatic heterocycles. The standard InChI is InChI=1S/C10H20O2.C3H8O2.C2H4O2/c1-2-3-4-5-6-7-8-9-10(11)12;1-3(5)2-4;1-2(3)4/h2-9H2,1H3,(H,11,12);3-5H,2H2,1H3;1H3,(H,3,4). The molecule has 0 aliphatic heterocycles.